The molecule has 17 heteroatoms. The Balaban J connectivity index is 0.782. The molecule has 3 saturated heterocycles. The first-order valence-corrected chi connectivity index (χ1v) is 23.2. The molecular weight excluding hydrogens is 885 g/mol. The number of likely N-dealkylation sites (tertiary alicyclic amines) is 2. The van der Waals surface area contributed by atoms with Gasteiger partial charge in [0.15, 0.2) is 0 Å². The van der Waals surface area contributed by atoms with Gasteiger partial charge < -0.3 is 30.4 Å². The number of carbonyl (C=O) groups is 4. The summed E-state index contributed by atoms with van der Waals surface area (Å²) in [4.78, 5) is 69.3. The SMILES string of the molecule is COc1ccc(C(=O)NCCN2CCC3(CC2)CCN(Cc2ccc(-c4cc5c(-c6cc(F)cc(NC(=O)c7ccc(C(C)(C)O)cc7F)c6C)ncnc5[nH]4)cc2)C3)cc1N1CCC(=O)NC1=O. The lowest BCUT2D eigenvalue weighted by Gasteiger charge is -2.39. The van der Waals surface area contributed by atoms with Crippen LogP contribution >= 0.6 is 0 Å². The van der Waals surface area contributed by atoms with Gasteiger partial charge in [-0.3, -0.25) is 29.5 Å². The number of fused-ring (bicyclic) bond motifs is 1. The first-order chi connectivity index (χ1) is 33.1. The molecule has 5 amide bonds. The number of H-pyrrole nitrogens is 1. The first kappa shape index (κ1) is 47.0. The summed E-state index contributed by atoms with van der Waals surface area (Å²) in [7, 11) is 1.50. The van der Waals surface area contributed by atoms with Crippen molar-refractivity contribution in [2.24, 2.45) is 5.41 Å². The summed E-state index contributed by atoms with van der Waals surface area (Å²) in [5.74, 6) is -2.30. The van der Waals surface area contributed by atoms with Crippen LogP contribution in [0.15, 0.2) is 85.2 Å². The van der Waals surface area contributed by atoms with Crippen molar-refractivity contribution in [1.82, 2.24) is 35.4 Å². The molecule has 3 fully saturated rings. The molecule has 1 spiro atoms. The molecular formula is C52H55F2N9O6. The molecule has 6 aromatic rings. The summed E-state index contributed by atoms with van der Waals surface area (Å²) in [6, 6.07) is 21.2. The molecule has 15 nitrogen and oxygen atoms in total. The third kappa shape index (κ3) is 10.1. The number of ether oxygens (including phenoxy) is 1. The van der Waals surface area contributed by atoms with Crippen LogP contribution in [0.2, 0.25) is 0 Å². The van der Waals surface area contributed by atoms with E-state index in [0.717, 1.165) is 75.9 Å². The highest BCUT2D eigenvalue weighted by Gasteiger charge is 2.40. The van der Waals surface area contributed by atoms with Crippen molar-refractivity contribution < 1.29 is 37.8 Å². The van der Waals surface area contributed by atoms with Gasteiger partial charge in [0.2, 0.25) is 5.91 Å². The Morgan fingerprint density at radius 3 is 2.36 bits per heavy atom. The van der Waals surface area contributed by atoms with Gasteiger partial charge in [0.05, 0.1) is 29.7 Å². The normalized spacial score (nSPS) is 16.5. The molecule has 5 heterocycles. The number of amides is 5. The number of aromatic nitrogens is 3. The van der Waals surface area contributed by atoms with Crippen LogP contribution in [-0.4, -0.2) is 107 Å². The Bertz CT molecular complexity index is 2960. The average molecular weight is 940 g/mol. The quantitative estimate of drug-likeness (QED) is 0.0776. The van der Waals surface area contributed by atoms with Gasteiger partial charge in [-0.2, -0.15) is 0 Å². The third-order valence-corrected chi connectivity index (χ3v) is 13.8. The molecule has 3 aliphatic rings. The van der Waals surface area contributed by atoms with Crippen LogP contribution in [0.1, 0.15) is 76.9 Å². The smallest absolute Gasteiger partial charge is 0.328 e. The lowest BCUT2D eigenvalue weighted by Crippen LogP contribution is -2.49. The van der Waals surface area contributed by atoms with Crippen LogP contribution in [0.5, 0.6) is 5.75 Å². The van der Waals surface area contributed by atoms with Gasteiger partial charge in [0.25, 0.3) is 11.8 Å². The molecule has 0 saturated carbocycles. The Morgan fingerprint density at radius 2 is 1.65 bits per heavy atom. The Kier molecular flexibility index (Phi) is 13.0. The minimum Gasteiger partial charge on any atom is -0.495 e. The van der Waals surface area contributed by atoms with Crippen molar-refractivity contribution in [3.8, 4) is 28.3 Å². The van der Waals surface area contributed by atoms with E-state index in [-0.39, 0.29) is 41.4 Å². The van der Waals surface area contributed by atoms with Gasteiger partial charge in [-0.1, -0.05) is 30.3 Å². The van der Waals surface area contributed by atoms with Crippen molar-refractivity contribution in [3.63, 3.8) is 0 Å². The second kappa shape index (κ2) is 19.1. The third-order valence-electron chi connectivity index (χ3n) is 13.8. The van der Waals surface area contributed by atoms with Crippen LogP contribution in [-0.2, 0) is 16.9 Å². The zero-order valence-corrected chi connectivity index (χ0v) is 39.0. The molecule has 4 aromatic carbocycles. The Morgan fingerprint density at radius 1 is 0.899 bits per heavy atom. The molecule has 9 rings (SSSR count). The van der Waals surface area contributed by atoms with Gasteiger partial charge >= 0.3 is 6.03 Å². The number of anilines is 2. The highest BCUT2D eigenvalue weighted by Crippen LogP contribution is 2.41. The lowest BCUT2D eigenvalue weighted by molar-refractivity contribution is -0.120. The summed E-state index contributed by atoms with van der Waals surface area (Å²) < 4.78 is 35.7. The second-order valence-corrected chi connectivity index (χ2v) is 18.9. The maximum atomic E-state index is 15.2. The van der Waals surface area contributed by atoms with Gasteiger partial charge in [0.1, 0.15) is 29.4 Å². The van der Waals surface area contributed by atoms with E-state index in [2.05, 4.69) is 65.0 Å². The summed E-state index contributed by atoms with van der Waals surface area (Å²) in [5, 5.41) is 18.9. The van der Waals surface area contributed by atoms with Crippen molar-refractivity contribution in [1.29, 1.82) is 0 Å². The van der Waals surface area contributed by atoms with E-state index >= 15 is 8.78 Å². The molecule has 0 atom stereocenters. The van der Waals surface area contributed by atoms with E-state index in [4.69, 9.17) is 4.74 Å². The predicted octanol–water partition coefficient (Wildman–Crippen LogP) is 7.53. The van der Waals surface area contributed by atoms with Gasteiger partial charge in [0, 0.05) is 67.0 Å². The summed E-state index contributed by atoms with van der Waals surface area (Å²) in [6.07, 6.45) is 4.90. The fraction of sp³-hybridized carbons (Fsp3) is 0.346. The monoisotopic (exact) mass is 939 g/mol. The summed E-state index contributed by atoms with van der Waals surface area (Å²) >= 11 is 0. The van der Waals surface area contributed by atoms with E-state index in [0.29, 0.717) is 57.0 Å². The highest BCUT2D eigenvalue weighted by atomic mass is 19.1. The molecule has 2 aromatic heterocycles. The van der Waals surface area contributed by atoms with Gasteiger partial charge in [-0.05, 0) is 136 Å². The number of benzene rings is 4. The van der Waals surface area contributed by atoms with Crippen molar-refractivity contribution in [3.05, 3.63) is 125 Å². The number of hydrogen-bond acceptors (Lipinski definition) is 10. The standard InChI is InChI=1S/C52H55F2N9O6/c1-31-38(25-36(53)26-41(31)59-49(66)37-11-10-35(24-40(37)54)51(2,3)68)46-39-27-42(58-47(39)57-30-56-46)33-7-5-32(6-8-33)28-62-21-16-52(29-62)14-19-61(20-15-52)22-17-55-48(65)34-9-12-44(69-4)43(23-34)63-18-13-45(64)60-50(63)67/h5-12,23-27,30,68H,13-22,28-29H2,1-4H3,(H,55,65)(H,59,66)(H,56,57,58)(H,60,64,67). The molecule has 0 unspecified atom stereocenters. The van der Waals surface area contributed by atoms with Gasteiger partial charge in [-0.15, -0.1) is 0 Å². The number of urea groups is 1. The van der Waals surface area contributed by atoms with Crippen LogP contribution in [0.4, 0.5) is 25.0 Å². The molecule has 69 heavy (non-hydrogen) atoms. The maximum Gasteiger partial charge on any atom is 0.328 e. The van der Waals surface area contributed by atoms with E-state index < -0.39 is 29.2 Å². The van der Waals surface area contributed by atoms with Crippen molar-refractivity contribution in [2.75, 3.05) is 63.1 Å². The molecule has 0 bridgehead atoms. The van der Waals surface area contributed by atoms with Gasteiger partial charge in [-0.25, -0.2) is 23.5 Å². The fourth-order valence-corrected chi connectivity index (χ4v) is 9.77. The number of hydrogen-bond donors (Lipinski definition) is 5. The zero-order chi connectivity index (χ0) is 48.6. The van der Waals surface area contributed by atoms with Crippen molar-refractivity contribution in [2.45, 2.75) is 58.6 Å². The minimum atomic E-state index is -1.29. The molecule has 0 aliphatic carbocycles. The number of rotatable bonds is 13. The number of imide groups is 1. The number of halogens is 2. The number of nitrogens with zero attached hydrogens (tertiary/aromatic N) is 5. The Hall–Kier alpha value is -7.08. The molecule has 0 radical (unpaired) electrons. The number of aliphatic hydroxyl groups is 1. The summed E-state index contributed by atoms with van der Waals surface area (Å²) in [6.45, 7) is 11.0. The number of nitrogens with one attached hydrogen (secondary N) is 4. The second-order valence-electron chi connectivity index (χ2n) is 18.9. The highest BCUT2D eigenvalue weighted by molar-refractivity contribution is 6.07. The van der Waals surface area contributed by atoms with Crippen LogP contribution < -0.4 is 25.6 Å². The van der Waals surface area contributed by atoms with Crippen molar-refractivity contribution >= 4 is 46.2 Å². The van der Waals surface area contributed by atoms with Crippen LogP contribution in [0.25, 0.3) is 33.5 Å². The van der Waals surface area contributed by atoms with Crippen LogP contribution in [0, 0.1) is 24.0 Å². The topological polar surface area (TPSA) is 185 Å². The number of methoxy groups -OCH3 is 1. The number of aromatic amines is 1. The molecule has 358 valence electrons. The van der Waals surface area contributed by atoms with E-state index in [9.17, 15) is 24.3 Å². The molecule has 5 N–H and O–H groups in total. The van der Waals surface area contributed by atoms with Crippen LogP contribution in [0.3, 0.4) is 0 Å². The van der Waals surface area contributed by atoms with E-state index in [1.165, 1.54) is 62.0 Å². The summed E-state index contributed by atoms with van der Waals surface area (Å²) in [5.41, 5.74) is 5.06. The lowest BCUT2D eigenvalue weighted by atomic mass is 9.78. The zero-order valence-electron chi connectivity index (χ0n) is 39.0. The fourth-order valence-electron chi connectivity index (χ4n) is 9.77. The molecule has 3 aliphatic heterocycles. The minimum absolute atomic E-state index is 0.164. The first-order valence-electron chi connectivity index (χ1n) is 23.2. The number of carbonyl (C=O) groups excluding carboxylic acids is 4. The van der Waals surface area contributed by atoms with E-state index in [1.807, 2.05) is 6.07 Å². The largest absolute Gasteiger partial charge is 0.495 e. The predicted molar refractivity (Wildman–Crippen MR) is 258 cm³/mol. The maximum absolute atomic E-state index is 15.2. The van der Waals surface area contributed by atoms with E-state index in [1.54, 1.807) is 25.1 Å². The number of piperidine rings is 1. The average Bonchev–Trinajstić information content (AvgIpc) is 3.94. The Labute approximate surface area is 398 Å².